The van der Waals surface area contributed by atoms with Gasteiger partial charge in [-0.15, -0.1) is 11.3 Å². The average molecular weight is 342 g/mol. The Morgan fingerprint density at radius 1 is 1.29 bits per heavy atom. The molecule has 0 aliphatic carbocycles. The third-order valence-electron chi connectivity index (χ3n) is 3.59. The molecular weight excluding hydrogens is 324 g/mol. The first-order chi connectivity index (χ1) is 11.7. The van der Waals surface area contributed by atoms with Crippen LogP contribution in [0.15, 0.2) is 41.9 Å². The van der Waals surface area contributed by atoms with Gasteiger partial charge in [0.2, 0.25) is 0 Å². The van der Waals surface area contributed by atoms with Crippen LogP contribution in [0.25, 0.3) is 11.3 Å². The van der Waals surface area contributed by atoms with E-state index in [1.807, 2.05) is 36.6 Å². The molecular formula is C17H18N4O2S. The van der Waals surface area contributed by atoms with Crippen molar-refractivity contribution in [2.24, 2.45) is 0 Å². The lowest BCUT2D eigenvalue weighted by atomic mass is 10.2. The average Bonchev–Trinajstić information content (AvgIpc) is 3.29. The summed E-state index contributed by atoms with van der Waals surface area (Å²) in [5, 5.41) is 9.83. The summed E-state index contributed by atoms with van der Waals surface area (Å²) in [5.74, 6) is 0.671. The summed E-state index contributed by atoms with van der Waals surface area (Å²) in [5.41, 5.74) is 2.48. The molecule has 2 aromatic heterocycles. The Hall–Kier alpha value is -2.67. The molecule has 0 aliphatic rings. The van der Waals surface area contributed by atoms with Crippen LogP contribution in [0.2, 0.25) is 0 Å². The maximum atomic E-state index is 12.2. The van der Waals surface area contributed by atoms with Crippen LogP contribution in [-0.2, 0) is 13.1 Å². The number of ether oxygens (including phenoxy) is 1. The number of hydrogen-bond donors (Lipinski definition) is 1. The fraction of sp³-hybridized carbons (Fsp3) is 0.235. The van der Waals surface area contributed by atoms with Gasteiger partial charge in [0, 0.05) is 23.7 Å². The van der Waals surface area contributed by atoms with Crippen LogP contribution < -0.4 is 10.1 Å². The summed E-state index contributed by atoms with van der Waals surface area (Å²) in [4.78, 5) is 16.8. The van der Waals surface area contributed by atoms with E-state index in [1.165, 1.54) is 11.3 Å². The summed E-state index contributed by atoms with van der Waals surface area (Å²) < 4.78 is 6.82. The molecule has 1 N–H and O–H groups in total. The highest BCUT2D eigenvalue weighted by Crippen LogP contribution is 2.24. The first-order valence-corrected chi connectivity index (χ1v) is 8.48. The maximum absolute atomic E-state index is 12.2. The Kier molecular flexibility index (Phi) is 4.90. The van der Waals surface area contributed by atoms with E-state index in [1.54, 1.807) is 24.1 Å². The maximum Gasteiger partial charge on any atom is 0.269 e. The Balaban J connectivity index is 1.64. The van der Waals surface area contributed by atoms with Gasteiger partial charge in [0.25, 0.3) is 5.91 Å². The van der Waals surface area contributed by atoms with E-state index in [-0.39, 0.29) is 5.91 Å². The monoisotopic (exact) mass is 342 g/mol. The lowest BCUT2D eigenvalue weighted by Gasteiger charge is -2.05. The molecule has 6 nitrogen and oxygen atoms in total. The second-order valence-corrected chi connectivity index (χ2v) is 6.01. The van der Waals surface area contributed by atoms with Crippen LogP contribution in [0, 0.1) is 0 Å². The number of carbonyl (C=O) groups is 1. The minimum Gasteiger partial charge on any atom is -0.497 e. The molecule has 0 spiro atoms. The molecule has 0 saturated carbocycles. The van der Waals surface area contributed by atoms with E-state index in [0.717, 1.165) is 22.0 Å². The van der Waals surface area contributed by atoms with Gasteiger partial charge in [-0.05, 0) is 37.3 Å². The van der Waals surface area contributed by atoms with Crippen molar-refractivity contribution in [2.75, 3.05) is 7.11 Å². The highest BCUT2D eigenvalue weighted by atomic mass is 32.1. The molecule has 0 radical (unpaired) electrons. The van der Waals surface area contributed by atoms with Gasteiger partial charge in [-0.1, -0.05) is 0 Å². The quantitative estimate of drug-likeness (QED) is 0.748. The molecule has 0 saturated heterocycles. The van der Waals surface area contributed by atoms with Crippen LogP contribution in [0.5, 0.6) is 5.75 Å². The molecule has 2 heterocycles. The second-order valence-electron chi connectivity index (χ2n) is 5.07. The Bertz CT molecular complexity index is 823. The van der Waals surface area contributed by atoms with Crippen molar-refractivity contribution in [3.8, 4) is 17.0 Å². The largest absolute Gasteiger partial charge is 0.497 e. The molecule has 0 atom stereocenters. The van der Waals surface area contributed by atoms with Crippen LogP contribution in [0.1, 0.15) is 22.4 Å². The zero-order valence-corrected chi connectivity index (χ0v) is 14.3. The molecule has 1 aromatic carbocycles. The number of carbonyl (C=O) groups excluding carboxylic acids is 1. The smallest absolute Gasteiger partial charge is 0.269 e. The molecule has 3 aromatic rings. The predicted octanol–water partition coefficient (Wildman–Crippen LogP) is 2.97. The zero-order chi connectivity index (χ0) is 16.9. The number of benzene rings is 1. The summed E-state index contributed by atoms with van der Waals surface area (Å²) in [6.07, 6.45) is 1.63. The van der Waals surface area contributed by atoms with E-state index in [0.29, 0.717) is 18.8 Å². The van der Waals surface area contributed by atoms with Crippen molar-refractivity contribution >= 4 is 17.2 Å². The van der Waals surface area contributed by atoms with Gasteiger partial charge in [0.1, 0.15) is 16.5 Å². The fourth-order valence-corrected chi connectivity index (χ4v) is 3.05. The molecule has 3 rings (SSSR count). The highest BCUT2D eigenvalue weighted by molar-refractivity contribution is 7.09. The zero-order valence-electron chi connectivity index (χ0n) is 13.5. The van der Waals surface area contributed by atoms with Crippen molar-refractivity contribution in [2.45, 2.75) is 20.0 Å². The standard InChI is InChI=1S/C17H18N4O2S/c1-3-21-15(8-9-19-21)17(22)18-10-16-20-14(11-24-16)12-4-6-13(23-2)7-5-12/h4-9,11H,3,10H2,1-2H3,(H,18,22). The van der Waals surface area contributed by atoms with Gasteiger partial charge in [-0.3, -0.25) is 9.48 Å². The van der Waals surface area contributed by atoms with Crippen LogP contribution >= 0.6 is 11.3 Å². The first-order valence-electron chi connectivity index (χ1n) is 7.60. The van der Waals surface area contributed by atoms with Crippen LogP contribution in [-0.4, -0.2) is 27.8 Å². The number of nitrogens with one attached hydrogen (secondary N) is 1. The van der Waals surface area contributed by atoms with E-state index in [4.69, 9.17) is 4.74 Å². The number of thiazole rings is 1. The number of amides is 1. The number of aryl methyl sites for hydroxylation is 1. The van der Waals surface area contributed by atoms with Gasteiger partial charge in [0.05, 0.1) is 19.3 Å². The number of nitrogens with zero attached hydrogens (tertiary/aromatic N) is 3. The Labute approximate surface area is 144 Å². The van der Waals surface area contributed by atoms with E-state index >= 15 is 0 Å². The fourth-order valence-electron chi connectivity index (χ4n) is 2.31. The minimum atomic E-state index is -0.143. The van der Waals surface area contributed by atoms with Crippen molar-refractivity contribution < 1.29 is 9.53 Å². The topological polar surface area (TPSA) is 69.0 Å². The molecule has 124 valence electrons. The predicted molar refractivity (Wildman–Crippen MR) is 93.2 cm³/mol. The summed E-state index contributed by atoms with van der Waals surface area (Å²) >= 11 is 1.52. The SMILES string of the molecule is CCn1nccc1C(=O)NCc1nc(-c2ccc(OC)cc2)cs1. The Morgan fingerprint density at radius 3 is 2.79 bits per heavy atom. The van der Waals surface area contributed by atoms with Gasteiger partial charge in [-0.25, -0.2) is 4.98 Å². The third kappa shape index (κ3) is 3.46. The summed E-state index contributed by atoms with van der Waals surface area (Å²) in [6, 6.07) is 9.46. The number of hydrogen-bond acceptors (Lipinski definition) is 5. The van der Waals surface area contributed by atoms with Crippen molar-refractivity contribution in [1.29, 1.82) is 0 Å². The minimum absolute atomic E-state index is 0.143. The number of methoxy groups -OCH3 is 1. The summed E-state index contributed by atoms with van der Waals surface area (Å²) in [7, 11) is 1.64. The third-order valence-corrected chi connectivity index (χ3v) is 4.44. The second kappa shape index (κ2) is 7.27. The molecule has 0 unspecified atom stereocenters. The van der Waals surface area contributed by atoms with E-state index < -0.39 is 0 Å². The van der Waals surface area contributed by atoms with E-state index in [9.17, 15) is 4.79 Å². The van der Waals surface area contributed by atoms with Crippen molar-refractivity contribution in [1.82, 2.24) is 20.1 Å². The molecule has 1 amide bonds. The van der Waals surface area contributed by atoms with Gasteiger partial charge in [-0.2, -0.15) is 5.10 Å². The van der Waals surface area contributed by atoms with Gasteiger partial charge < -0.3 is 10.1 Å². The van der Waals surface area contributed by atoms with Crippen molar-refractivity contribution in [3.63, 3.8) is 0 Å². The summed E-state index contributed by atoms with van der Waals surface area (Å²) in [6.45, 7) is 3.01. The molecule has 0 fully saturated rings. The van der Waals surface area contributed by atoms with Crippen LogP contribution in [0.4, 0.5) is 0 Å². The lowest BCUT2D eigenvalue weighted by Crippen LogP contribution is -2.25. The molecule has 7 heteroatoms. The molecule has 0 bridgehead atoms. The Morgan fingerprint density at radius 2 is 2.08 bits per heavy atom. The molecule has 24 heavy (non-hydrogen) atoms. The normalized spacial score (nSPS) is 10.6. The van der Waals surface area contributed by atoms with Crippen molar-refractivity contribution in [3.05, 3.63) is 52.6 Å². The molecule has 0 aliphatic heterocycles. The lowest BCUT2D eigenvalue weighted by molar-refractivity contribution is 0.0940. The number of aromatic nitrogens is 3. The van der Waals surface area contributed by atoms with Crippen LogP contribution in [0.3, 0.4) is 0 Å². The number of rotatable bonds is 6. The van der Waals surface area contributed by atoms with Gasteiger partial charge in [0.15, 0.2) is 0 Å². The van der Waals surface area contributed by atoms with Gasteiger partial charge >= 0.3 is 0 Å². The highest BCUT2D eigenvalue weighted by Gasteiger charge is 2.12. The first kappa shape index (κ1) is 16.2. The van der Waals surface area contributed by atoms with E-state index in [2.05, 4.69) is 15.4 Å².